The fourth-order valence-corrected chi connectivity index (χ4v) is 5.24. The molecule has 1 aliphatic heterocycles. The Labute approximate surface area is 135 Å². The van der Waals surface area contributed by atoms with E-state index in [0.29, 0.717) is 17.9 Å². The molecule has 4 atom stereocenters. The zero-order valence-corrected chi connectivity index (χ0v) is 15.2. The van der Waals surface area contributed by atoms with Crippen LogP contribution in [0.15, 0.2) is 18.2 Å². The summed E-state index contributed by atoms with van der Waals surface area (Å²) in [4.78, 5) is 6.18. The van der Waals surface area contributed by atoms with Gasteiger partial charge in [-0.15, -0.1) is 0 Å². The Morgan fingerprint density at radius 3 is 2.23 bits per heavy atom. The first kappa shape index (κ1) is 16.0. The van der Waals surface area contributed by atoms with Crippen LogP contribution in [0, 0.1) is 25.7 Å². The van der Waals surface area contributed by atoms with Crippen LogP contribution in [-0.2, 0) is 10.3 Å². The van der Waals surface area contributed by atoms with Gasteiger partial charge >= 0.3 is 0 Å². The summed E-state index contributed by atoms with van der Waals surface area (Å²) < 4.78 is 0. The Bertz CT molecular complexity index is 559. The lowest BCUT2D eigenvalue weighted by Crippen LogP contribution is -2.48. The highest BCUT2D eigenvalue weighted by Gasteiger charge is 2.55. The molecular formula is C20H31NO. The summed E-state index contributed by atoms with van der Waals surface area (Å²) in [5, 5.41) is 2.14. The lowest BCUT2D eigenvalue weighted by molar-refractivity contribution is -0.182. The average Bonchev–Trinajstić information content (AvgIpc) is 2.58. The van der Waals surface area contributed by atoms with Crippen molar-refractivity contribution in [3.8, 4) is 0 Å². The molecule has 1 aromatic rings. The molecule has 1 aliphatic carbocycles. The predicted molar refractivity (Wildman–Crippen MR) is 91.9 cm³/mol. The first-order valence-corrected chi connectivity index (χ1v) is 8.63. The maximum Gasteiger partial charge on any atom is 0.0887 e. The normalized spacial score (nSPS) is 38.0. The molecule has 0 N–H and O–H groups in total. The zero-order chi connectivity index (χ0) is 16.3. The Morgan fingerprint density at radius 1 is 1.05 bits per heavy atom. The van der Waals surface area contributed by atoms with Crippen LogP contribution in [-0.4, -0.2) is 23.8 Å². The first-order valence-electron chi connectivity index (χ1n) is 8.63. The molecule has 2 fully saturated rings. The standard InChI is InChI=1S/C20H31NO/c1-13-8-14(2)10-16(9-13)20(6)11-15(3)18-17(12-20)19(4,5)22-21(18)7/h8-10,15,17-18H,11-12H2,1-7H3/t15-,17+,18+,20+/m0/s1. The van der Waals surface area contributed by atoms with Gasteiger partial charge in [0.1, 0.15) is 0 Å². The monoisotopic (exact) mass is 301 g/mol. The Balaban J connectivity index is 1.99. The largest absolute Gasteiger partial charge is 0.293 e. The van der Waals surface area contributed by atoms with Crippen LogP contribution in [0.3, 0.4) is 0 Å². The molecule has 1 heterocycles. The lowest BCUT2D eigenvalue weighted by Gasteiger charge is -2.46. The molecule has 3 rings (SSSR count). The number of hydrogen-bond donors (Lipinski definition) is 0. The van der Waals surface area contributed by atoms with Crippen molar-refractivity contribution in [3.63, 3.8) is 0 Å². The molecule has 0 bridgehead atoms. The summed E-state index contributed by atoms with van der Waals surface area (Å²) in [6.07, 6.45) is 2.45. The number of nitrogens with zero attached hydrogens (tertiary/aromatic N) is 1. The van der Waals surface area contributed by atoms with Crippen molar-refractivity contribution in [3.05, 3.63) is 34.9 Å². The fourth-order valence-electron chi connectivity index (χ4n) is 5.24. The highest BCUT2D eigenvalue weighted by molar-refractivity contribution is 5.35. The maximum absolute atomic E-state index is 6.18. The molecule has 122 valence electrons. The number of aryl methyl sites for hydroxylation is 2. The molecule has 1 saturated carbocycles. The average molecular weight is 301 g/mol. The van der Waals surface area contributed by atoms with Crippen LogP contribution >= 0.6 is 0 Å². The van der Waals surface area contributed by atoms with Crippen molar-refractivity contribution in [2.75, 3.05) is 7.05 Å². The first-order chi connectivity index (χ1) is 10.1. The van der Waals surface area contributed by atoms with E-state index in [1.54, 1.807) is 0 Å². The van der Waals surface area contributed by atoms with Crippen molar-refractivity contribution in [2.24, 2.45) is 11.8 Å². The van der Waals surface area contributed by atoms with Gasteiger partial charge in [-0.25, -0.2) is 0 Å². The minimum Gasteiger partial charge on any atom is -0.293 e. The van der Waals surface area contributed by atoms with Crippen molar-refractivity contribution in [2.45, 2.75) is 71.4 Å². The third-order valence-electron chi connectivity index (χ3n) is 6.05. The van der Waals surface area contributed by atoms with Gasteiger partial charge in [0.2, 0.25) is 0 Å². The summed E-state index contributed by atoms with van der Waals surface area (Å²) in [6.45, 7) is 13.8. The molecule has 2 aliphatic rings. The molecule has 22 heavy (non-hydrogen) atoms. The van der Waals surface area contributed by atoms with Gasteiger partial charge in [0.25, 0.3) is 0 Å². The summed E-state index contributed by atoms with van der Waals surface area (Å²) in [5.74, 6) is 1.24. The van der Waals surface area contributed by atoms with Crippen LogP contribution in [0.1, 0.15) is 57.2 Å². The van der Waals surface area contributed by atoms with Gasteiger partial charge in [-0.1, -0.05) is 43.2 Å². The summed E-state index contributed by atoms with van der Waals surface area (Å²) in [6, 6.07) is 7.62. The number of hydroxylamine groups is 2. The summed E-state index contributed by atoms with van der Waals surface area (Å²) >= 11 is 0. The van der Waals surface area contributed by atoms with Crippen LogP contribution in [0.4, 0.5) is 0 Å². The molecule has 2 heteroatoms. The fraction of sp³-hybridized carbons (Fsp3) is 0.700. The van der Waals surface area contributed by atoms with E-state index in [4.69, 9.17) is 4.84 Å². The molecule has 1 aromatic carbocycles. The molecule has 0 radical (unpaired) electrons. The lowest BCUT2D eigenvalue weighted by atomic mass is 9.59. The minimum absolute atomic E-state index is 0.0613. The van der Waals surface area contributed by atoms with Crippen LogP contribution < -0.4 is 0 Å². The SMILES string of the molecule is Cc1cc(C)cc([C@@]2(C)C[C@@H]3[C@@H]([C@@H](C)C2)N(C)OC3(C)C)c1. The topological polar surface area (TPSA) is 12.5 Å². The molecular weight excluding hydrogens is 270 g/mol. The van der Waals surface area contributed by atoms with E-state index in [-0.39, 0.29) is 11.0 Å². The number of hydrogen-bond acceptors (Lipinski definition) is 2. The zero-order valence-electron chi connectivity index (χ0n) is 15.2. The van der Waals surface area contributed by atoms with Gasteiger partial charge in [-0.05, 0) is 57.4 Å². The molecule has 0 amide bonds. The van der Waals surface area contributed by atoms with Gasteiger partial charge < -0.3 is 0 Å². The van der Waals surface area contributed by atoms with E-state index in [0.717, 1.165) is 0 Å². The van der Waals surface area contributed by atoms with Gasteiger partial charge in [0.05, 0.1) is 5.60 Å². The van der Waals surface area contributed by atoms with Crippen molar-refractivity contribution in [1.29, 1.82) is 0 Å². The van der Waals surface area contributed by atoms with E-state index in [9.17, 15) is 0 Å². The highest BCUT2D eigenvalue weighted by Crippen LogP contribution is 2.53. The van der Waals surface area contributed by atoms with Gasteiger partial charge in [0, 0.05) is 19.0 Å². The second-order valence-electron chi connectivity index (χ2n) is 8.66. The molecule has 0 spiro atoms. The van der Waals surface area contributed by atoms with Gasteiger partial charge in [-0.3, -0.25) is 4.84 Å². The van der Waals surface area contributed by atoms with Crippen LogP contribution in [0.5, 0.6) is 0 Å². The molecule has 0 aromatic heterocycles. The van der Waals surface area contributed by atoms with E-state index in [1.807, 2.05) is 0 Å². The number of rotatable bonds is 1. The summed E-state index contributed by atoms with van der Waals surface area (Å²) in [5.41, 5.74) is 4.47. The van der Waals surface area contributed by atoms with Gasteiger partial charge in [-0.2, -0.15) is 5.06 Å². The van der Waals surface area contributed by atoms with Crippen molar-refractivity contribution in [1.82, 2.24) is 5.06 Å². The van der Waals surface area contributed by atoms with Gasteiger partial charge in [0.15, 0.2) is 0 Å². The Morgan fingerprint density at radius 2 is 1.64 bits per heavy atom. The van der Waals surface area contributed by atoms with Crippen molar-refractivity contribution < 1.29 is 4.84 Å². The second kappa shape index (κ2) is 5.07. The molecule has 0 unspecified atom stereocenters. The quantitative estimate of drug-likeness (QED) is 0.750. The molecule has 1 saturated heterocycles. The summed E-state index contributed by atoms with van der Waals surface area (Å²) in [7, 11) is 2.11. The van der Waals surface area contributed by atoms with Crippen LogP contribution in [0.25, 0.3) is 0 Å². The third-order valence-corrected chi connectivity index (χ3v) is 6.05. The highest BCUT2D eigenvalue weighted by atomic mass is 16.7. The second-order valence-corrected chi connectivity index (χ2v) is 8.66. The Kier molecular flexibility index (Phi) is 3.69. The minimum atomic E-state index is -0.0613. The smallest absolute Gasteiger partial charge is 0.0887 e. The van der Waals surface area contributed by atoms with E-state index < -0.39 is 0 Å². The van der Waals surface area contributed by atoms with Crippen LogP contribution in [0.2, 0.25) is 0 Å². The maximum atomic E-state index is 6.18. The molecule has 2 nitrogen and oxygen atoms in total. The van der Waals surface area contributed by atoms with E-state index >= 15 is 0 Å². The third kappa shape index (κ3) is 2.51. The van der Waals surface area contributed by atoms with Crippen molar-refractivity contribution >= 4 is 0 Å². The Hall–Kier alpha value is -0.860. The number of fused-ring (bicyclic) bond motifs is 1. The van der Waals surface area contributed by atoms with E-state index in [1.165, 1.54) is 29.5 Å². The predicted octanol–water partition coefficient (Wildman–Crippen LogP) is 4.63. The number of benzene rings is 1. The van der Waals surface area contributed by atoms with E-state index in [2.05, 4.69) is 71.9 Å².